The molecule has 0 N–H and O–H groups in total. The number of epoxide rings is 2. The molecule has 0 radical (unpaired) electrons. The van der Waals surface area contributed by atoms with Gasteiger partial charge in [0.1, 0.15) is 43.2 Å². The SMILES string of the molecule is CO[C@H]1O[C@H](COC2O[C@H](COC(=O)c3ccccc3)[C@@H]3O[C@H]23)[C@@H]2O[C@H]12. The molecule has 4 fully saturated rings. The van der Waals surface area contributed by atoms with Gasteiger partial charge in [-0.2, -0.15) is 0 Å². The molecule has 0 aromatic heterocycles. The maximum absolute atomic E-state index is 12.0. The summed E-state index contributed by atoms with van der Waals surface area (Å²) in [5.41, 5.74) is 0.511. The van der Waals surface area contributed by atoms with Crippen molar-refractivity contribution in [3.63, 3.8) is 0 Å². The Morgan fingerprint density at radius 3 is 2.23 bits per heavy atom. The van der Waals surface area contributed by atoms with Gasteiger partial charge >= 0.3 is 5.97 Å². The second-order valence-electron chi connectivity index (χ2n) is 6.75. The van der Waals surface area contributed by atoms with Crippen LogP contribution < -0.4 is 0 Å². The molecule has 1 unspecified atom stereocenters. The van der Waals surface area contributed by atoms with Crippen molar-refractivity contribution in [3.8, 4) is 0 Å². The van der Waals surface area contributed by atoms with E-state index in [1.807, 2.05) is 6.07 Å². The smallest absolute Gasteiger partial charge is 0.338 e. The molecule has 140 valence electrons. The highest BCUT2D eigenvalue weighted by Gasteiger charge is 2.61. The summed E-state index contributed by atoms with van der Waals surface area (Å²) in [5.74, 6) is -0.377. The fourth-order valence-corrected chi connectivity index (χ4v) is 3.56. The van der Waals surface area contributed by atoms with Crippen LogP contribution in [0, 0.1) is 0 Å². The monoisotopic (exact) mass is 364 g/mol. The third-order valence-corrected chi connectivity index (χ3v) is 5.06. The summed E-state index contributed by atoms with van der Waals surface area (Å²) in [6.45, 7) is 0.475. The number of carbonyl (C=O) groups excluding carboxylic acids is 1. The van der Waals surface area contributed by atoms with E-state index >= 15 is 0 Å². The maximum atomic E-state index is 12.0. The van der Waals surface area contributed by atoms with E-state index in [1.54, 1.807) is 31.4 Å². The van der Waals surface area contributed by atoms with E-state index in [-0.39, 0.29) is 55.5 Å². The summed E-state index contributed by atoms with van der Waals surface area (Å²) in [5, 5.41) is 0. The Morgan fingerprint density at radius 2 is 1.54 bits per heavy atom. The molecule has 8 nitrogen and oxygen atoms in total. The zero-order valence-corrected chi connectivity index (χ0v) is 14.2. The van der Waals surface area contributed by atoms with Crippen LogP contribution in [0.2, 0.25) is 0 Å². The van der Waals surface area contributed by atoms with Crippen molar-refractivity contribution < 1.29 is 38.0 Å². The van der Waals surface area contributed by atoms with E-state index in [0.717, 1.165) is 0 Å². The number of ether oxygens (including phenoxy) is 7. The third kappa shape index (κ3) is 3.02. The van der Waals surface area contributed by atoms with Crippen molar-refractivity contribution in [1.29, 1.82) is 0 Å². The van der Waals surface area contributed by atoms with Gasteiger partial charge in [0.2, 0.25) is 0 Å². The number of esters is 1. The molecule has 0 spiro atoms. The van der Waals surface area contributed by atoms with Gasteiger partial charge in [0.05, 0.1) is 12.2 Å². The van der Waals surface area contributed by atoms with Crippen LogP contribution in [0.1, 0.15) is 10.4 Å². The van der Waals surface area contributed by atoms with Gasteiger partial charge < -0.3 is 33.2 Å². The highest BCUT2D eigenvalue weighted by molar-refractivity contribution is 5.89. The molecule has 1 aromatic rings. The summed E-state index contributed by atoms with van der Waals surface area (Å²) in [6.07, 6.45) is -1.47. The molecule has 1 aromatic carbocycles. The first-order chi connectivity index (χ1) is 12.7. The predicted molar refractivity (Wildman–Crippen MR) is 84.3 cm³/mol. The molecular formula is C18H20O8. The minimum atomic E-state index is -0.483. The topological polar surface area (TPSA) is 88.3 Å². The van der Waals surface area contributed by atoms with E-state index in [0.29, 0.717) is 12.2 Å². The molecule has 8 heteroatoms. The molecule has 0 saturated carbocycles. The summed E-state index contributed by atoms with van der Waals surface area (Å²) >= 11 is 0. The largest absolute Gasteiger partial charge is 0.459 e. The van der Waals surface area contributed by atoms with Gasteiger partial charge in [-0.1, -0.05) is 18.2 Å². The Labute approximate surface area is 150 Å². The number of hydrogen-bond donors (Lipinski definition) is 0. The molecule has 0 bridgehead atoms. The van der Waals surface area contributed by atoms with Crippen LogP contribution >= 0.6 is 0 Å². The Kier molecular flexibility index (Phi) is 4.19. The molecule has 26 heavy (non-hydrogen) atoms. The van der Waals surface area contributed by atoms with E-state index in [4.69, 9.17) is 33.2 Å². The van der Waals surface area contributed by atoms with Crippen molar-refractivity contribution in [2.24, 2.45) is 0 Å². The van der Waals surface area contributed by atoms with Gasteiger partial charge in [-0.15, -0.1) is 0 Å². The molecule has 4 aliphatic rings. The van der Waals surface area contributed by atoms with E-state index < -0.39 is 6.29 Å². The summed E-state index contributed by atoms with van der Waals surface area (Å²) in [7, 11) is 1.59. The average molecular weight is 364 g/mol. The Morgan fingerprint density at radius 1 is 0.885 bits per heavy atom. The second kappa shape index (κ2) is 6.56. The average Bonchev–Trinajstić information content (AvgIpc) is 3.58. The number of hydrogen-bond acceptors (Lipinski definition) is 8. The first-order valence-electron chi connectivity index (χ1n) is 8.73. The van der Waals surface area contributed by atoms with Crippen molar-refractivity contribution in [2.75, 3.05) is 20.3 Å². The fourth-order valence-electron chi connectivity index (χ4n) is 3.56. The molecule has 4 heterocycles. The molecule has 4 aliphatic heterocycles. The number of carbonyl (C=O) groups is 1. The molecule has 0 aliphatic carbocycles. The lowest BCUT2D eigenvalue weighted by Gasteiger charge is -2.21. The predicted octanol–water partition coefficient (Wildman–Crippen LogP) is 0.491. The number of rotatable bonds is 7. The normalized spacial score (nSPS) is 42.2. The van der Waals surface area contributed by atoms with Crippen molar-refractivity contribution in [3.05, 3.63) is 35.9 Å². The van der Waals surface area contributed by atoms with Crippen molar-refractivity contribution in [1.82, 2.24) is 0 Å². The quantitative estimate of drug-likeness (QED) is 0.510. The number of benzene rings is 1. The van der Waals surface area contributed by atoms with Gasteiger partial charge in [0.15, 0.2) is 12.6 Å². The summed E-state index contributed by atoms with van der Waals surface area (Å²) < 4.78 is 38.9. The minimum Gasteiger partial charge on any atom is -0.459 e. The Bertz CT molecular complexity index is 666. The van der Waals surface area contributed by atoms with Crippen molar-refractivity contribution in [2.45, 2.75) is 49.2 Å². The minimum absolute atomic E-state index is 0.00756. The zero-order chi connectivity index (χ0) is 17.7. The van der Waals surface area contributed by atoms with Gasteiger partial charge in [-0.25, -0.2) is 4.79 Å². The first-order valence-corrected chi connectivity index (χ1v) is 8.73. The standard InChI is InChI=1S/C18H20O8/c1-20-17-14-12(25-14)11(23-17)8-22-18-15-13(26-15)10(24-18)7-21-16(19)9-5-3-2-4-6-9/h2-6,10-15,17-18H,7-8H2,1H3/t10-,11-,12+,13+,14+,15+,17+,18?/m1/s1. The fraction of sp³-hybridized carbons (Fsp3) is 0.611. The van der Waals surface area contributed by atoms with Crippen LogP contribution in [-0.2, 0) is 33.2 Å². The lowest BCUT2D eigenvalue weighted by atomic mass is 10.2. The van der Waals surface area contributed by atoms with Gasteiger partial charge in [-0.3, -0.25) is 0 Å². The Hall–Kier alpha value is -1.55. The highest BCUT2D eigenvalue weighted by Crippen LogP contribution is 2.42. The highest BCUT2D eigenvalue weighted by atomic mass is 16.8. The lowest BCUT2D eigenvalue weighted by Crippen LogP contribution is -2.31. The van der Waals surface area contributed by atoms with Crippen LogP contribution in [0.15, 0.2) is 30.3 Å². The molecule has 4 saturated heterocycles. The van der Waals surface area contributed by atoms with Gasteiger partial charge in [-0.05, 0) is 12.1 Å². The lowest BCUT2D eigenvalue weighted by molar-refractivity contribution is -0.215. The number of fused-ring (bicyclic) bond motifs is 2. The van der Waals surface area contributed by atoms with Crippen LogP contribution in [0.5, 0.6) is 0 Å². The molecule has 0 amide bonds. The van der Waals surface area contributed by atoms with Crippen LogP contribution in [0.4, 0.5) is 0 Å². The molecule has 5 rings (SSSR count). The first kappa shape index (κ1) is 16.6. The van der Waals surface area contributed by atoms with Gasteiger partial charge in [0, 0.05) is 7.11 Å². The zero-order valence-electron chi connectivity index (χ0n) is 14.2. The van der Waals surface area contributed by atoms with E-state index in [1.165, 1.54) is 0 Å². The molecular weight excluding hydrogens is 344 g/mol. The maximum Gasteiger partial charge on any atom is 0.338 e. The molecule has 8 atom stereocenters. The van der Waals surface area contributed by atoms with Crippen LogP contribution in [-0.4, -0.2) is 75.5 Å². The summed E-state index contributed by atoms with van der Waals surface area (Å²) in [6, 6.07) is 8.85. The Balaban J connectivity index is 1.08. The summed E-state index contributed by atoms with van der Waals surface area (Å²) in [4.78, 5) is 12.0. The van der Waals surface area contributed by atoms with Crippen LogP contribution in [0.25, 0.3) is 0 Å². The van der Waals surface area contributed by atoms with Crippen LogP contribution in [0.3, 0.4) is 0 Å². The van der Waals surface area contributed by atoms with Gasteiger partial charge in [0.25, 0.3) is 0 Å². The second-order valence-corrected chi connectivity index (χ2v) is 6.75. The third-order valence-electron chi connectivity index (χ3n) is 5.06. The van der Waals surface area contributed by atoms with E-state index in [9.17, 15) is 4.79 Å². The number of methoxy groups -OCH3 is 1. The van der Waals surface area contributed by atoms with E-state index in [2.05, 4.69) is 0 Å². The van der Waals surface area contributed by atoms with Crippen molar-refractivity contribution >= 4 is 5.97 Å².